The molecule has 0 radical (unpaired) electrons. The summed E-state index contributed by atoms with van der Waals surface area (Å²) in [5.41, 5.74) is 5.85. The number of rotatable bonds is 6. The summed E-state index contributed by atoms with van der Waals surface area (Å²) in [6.45, 7) is 0.643. The van der Waals surface area contributed by atoms with Crippen LogP contribution in [0.5, 0.6) is 5.75 Å². The first-order valence-electron chi connectivity index (χ1n) is 5.32. The Bertz CT molecular complexity index is 403. The summed E-state index contributed by atoms with van der Waals surface area (Å²) in [5, 5.41) is 15.8. The Morgan fingerprint density at radius 3 is 2.56 bits per heavy atom. The second-order valence-corrected chi connectivity index (χ2v) is 4.54. The van der Waals surface area contributed by atoms with E-state index < -0.39 is 0 Å². The van der Waals surface area contributed by atoms with Crippen LogP contribution >= 0.6 is 24.2 Å². The molecule has 0 aromatic heterocycles. The number of benzene rings is 1. The van der Waals surface area contributed by atoms with E-state index in [-0.39, 0.29) is 17.6 Å². The number of nitrogens with two attached hydrogens (primary N) is 1. The summed E-state index contributed by atoms with van der Waals surface area (Å²) >= 11 is 1.35. The molecular formula is C12H16ClN3OS. The Balaban J connectivity index is 0.00000289. The van der Waals surface area contributed by atoms with Gasteiger partial charge in [0.1, 0.15) is 5.75 Å². The minimum atomic E-state index is 0. The van der Waals surface area contributed by atoms with Crippen LogP contribution in [0.3, 0.4) is 0 Å². The molecule has 0 aliphatic rings. The Kier molecular flexibility index (Phi) is 8.89. The third kappa shape index (κ3) is 7.05. The van der Waals surface area contributed by atoms with E-state index in [1.165, 1.54) is 11.8 Å². The average molecular weight is 286 g/mol. The van der Waals surface area contributed by atoms with E-state index in [0.717, 1.165) is 24.3 Å². The molecule has 0 atom stereocenters. The van der Waals surface area contributed by atoms with Crippen molar-refractivity contribution in [3.8, 4) is 11.8 Å². The van der Waals surface area contributed by atoms with Gasteiger partial charge in [0.05, 0.1) is 18.2 Å². The van der Waals surface area contributed by atoms with Crippen LogP contribution in [-0.4, -0.2) is 17.5 Å². The van der Waals surface area contributed by atoms with E-state index in [2.05, 4.69) is 6.07 Å². The molecule has 1 rings (SSSR count). The van der Waals surface area contributed by atoms with Crippen LogP contribution in [0.4, 0.5) is 0 Å². The van der Waals surface area contributed by atoms with E-state index in [4.69, 9.17) is 21.1 Å². The smallest absolute Gasteiger partial charge is 0.151 e. The molecule has 98 valence electrons. The van der Waals surface area contributed by atoms with Crippen LogP contribution in [0.25, 0.3) is 0 Å². The predicted molar refractivity (Wildman–Crippen MR) is 77.5 cm³/mol. The van der Waals surface area contributed by atoms with Gasteiger partial charge in [-0.3, -0.25) is 5.41 Å². The van der Waals surface area contributed by atoms with Crippen LogP contribution in [-0.2, 0) is 0 Å². The van der Waals surface area contributed by atoms with Crippen LogP contribution in [0.2, 0.25) is 0 Å². The molecule has 1 aromatic rings. The number of thioether (sulfide) groups is 1. The maximum absolute atomic E-state index is 8.63. The zero-order chi connectivity index (χ0) is 12.5. The normalized spacial score (nSPS) is 9.06. The number of amidine groups is 1. The number of nitrogens with one attached hydrogen (secondary N) is 1. The second-order valence-electron chi connectivity index (χ2n) is 3.40. The Morgan fingerprint density at radius 2 is 2.00 bits per heavy atom. The highest BCUT2D eigenvalue weighted by Gasteiger charge is 1.96. The van der Waals surface area contributed by atoms with E-state index in [9.17, 15) is 0 Å². The Labute approximate surface area is 117 Å². The van der Waals surface area contributed by atoms with E-state index in [1.807, 2.05) is 0 Å². The lowest BCUT2D eigenvalue weighted by atomic mass is 10.2. The molecular weight excluding hydrogens is 270 g/mol. The molecule has 0 amide bonds. The fourth-order valence-corrected chi connectivity index (χ4v) is 1.77. The minimum Gasteiger partial charge on any atom is -0.494 e. The third-order valence-electron chi connectivity index (χ3n) is 2.05. The summed E-state index contributed by atoms with van der Waals surface area (Å²) in [5.74, 6) is 1.63. The van der Waals surface area contributed by atoms with E-state index in [1.54, 1.807) is 24.3 Å². The molecule has 3 N–H and O–H groups in total. The lowest BCUT2D eigenvalue weighted by molar-refractivity contribution is 0.310. The molecule has 0 aliphatic heterocycles. The van der Waals surface area contributed by atoms with Gasteiger partial charge in [0.15, 0.2) is 5.17 Å². The van der Waals surface area contributed by atoms with Crippen molar-refractivity contribution in [2.24, 2.45) is 5.73 Å². The van der Waals surface area contributed by atoms with Gasteiger partial charge < -0.3 is 10.5 Å². The SMILES string of the molecule is Cl.N#Cc1ccc(OCCCCSC(=N)N)cc1. The van der Waals surface area contributed by atoms with Gasteiger partial charge in [-0.25, -0.2) is 0 Å². The zero-order valence-electron chi connectivity index (χ0n) is 9.89. The van der Waals surface area contributed by atoms with Crippen LogP contribution in [0.1, 0.15) is 18.4 Å². The first kappa shape index (κ1) is 16.6. The van der Waals surface area contributed by atoms with E-state index >= 15 is 0 Å². The Morgan fingerprint density at radius 1 is 1.33 bits per heavy atom. The van der Waals surface area contributed by atoms with Gasteiger partial charge in [0.2, 0.25) is 0 Å². The first-order valence-corrected chi connectivity index (χ1v) is 6.30. The first-order chi connectivity index (χ1) is 8.22. The number of hydrogen-bond donors (Lipinski definition) is 2. The molecule has 0 heterocycles. The summed E-state index contributed by atoms with van der Waals surface area (Å²) in [6.07, 6.45) is 1.90. The number of nitriles is 1. The maximum Gasteiger partial charge on any atom is 0.151 e. The molecule has 6 heteroatoms. The van der Waals surface area contributed by atoms with Crippen molar-refractivity contribution in [1.82, 2.24) is 0 Å². The van der Waals surface area contributed by atoms with Gasteiger partial charge in [0.25, 0.3) is 0 Å². The number of halogens is 1. The van der Waals surface area contributed by atoms with Crippen molar-refractivity contribution < 1.29 is 4.74 Å². The van der Waals surface area contributed by atoms with Gasteiger partial charge in [-0.1, -0.05) is 11.8 Å². The molecule has 0 spiro atoms. The predicted octanol–water partition coefficient (Wildman–Crippen LogP) is 2.77. The molecule has 0 aliphatic carbocycles. The van der Waals surface area contributed by atoms with Crippen molar-refractivity contribution in [2.45, 2.75) is 12.8 Å². The van der Waals surface area contributed by atoms with Gasteiger partial charge in [0, 0.05) is 5.75 Å². The van der Waals surface area contributed by atoms with Crippen LogP contribution in [0.15, 0.2) is 24.3 Å². The molecule has 4 nitrogen and oxygen atoms in total. The number of nitrogens with zero attached hydrogens (tertiary/aromatic N) is 1. The molecule has 0 bridgehead atoms. The van der Waals surface area contributed by atoms with E-state index in [0.29, 0.717) is 12.2 Å². The van der Waals surface area contributed by atoms with Crippen molar-refractivity contribution in [3.05, 3.63) is 29.8 Å². The van der Waals surface area contributed by atoms with Crippen LogP contribution < -0.4 is 10.5 Å². The summed E-state index contributed by atoms with van der Waals surface area (Å²) < 4.78 is 5.51. The molecule has 18 heavy (non-hydrogen) atoms. The number of unbranched alkanes of at least 4 members (excludes halogenated alkanes) is 1. The van der Waals surface area contributed by atoms with Crippen molar-refractivity contribution in [3.63, 3.8) is 0 Å². The van der Waals surface area contributed by atoms with Crippen molar-refractivity contribution in [1.29, 1.82) is 10.7 Å². The highest BCUT2D eigenvalue weighted by molar-refractivity contribution is 8.13. The molecule has 0 fully saturated rings. The third-order valence-corrected chi connectivity index (χ3v) is 2.85. The average Bonchev–Trinajstić information content (AvgIpc) is 2.34. The standard InChI is InChI=1S/C12H15N3OS.ClH/c13-9-10-3-5-11(6-4-10)16-7-1-2-8-17-12(14)15;/h3-6H,1-2,7-8H2,(H3,14,15);1H. The topological polar surface area (TPSA) is 82.9 Å². The molecule has 0 saturated heterocycles. The molecule has 0 saturated carbocycles. The van der Waals surface area contributed by atoms with Gasteiger partial charge in [-0.05, 0) is 37.1 Å². The monoisotopic (exact) mass is 285 g/mol. The van der Waals surface area contributed by atoms with Crippen molar-refractivity contribution in [2.75, 3.05) is 12.4 Å². The molecule has 0 unspecified atom stereocenters. The fourth-order valence-electron chi connectivity index (χ4n) is 1.20. The highest BCUT2D eigenvalue weighted by Crippen LogP contribution is 2.12. The maximum atomic E-state index is 8.63. The largest absolute Gasteiger partial charge is 0.494 e. The fraction of sp³-hybridized carbons (Fsp3) is 0.333. The second kappa shape index (κ2) is 9.63. The van der Waals surface area contributed by atoms with Gasteiger partial charge in [-0.15, -0.1) is 12.4 Å². The minimum absolute atomic E-state index is 0. The van der Waals surface area contributed by atoms with Gasteiger partial charge >= 0.3 is 0 Å². The number of ether oxygens (including phenoxy) is 1. The zero-order valence-corrected chi connectivity index (χ0v) is 11.5. The lowest BCUT2D eigenvalue weighted by Gasteiger charge is -2.05. The summed E-state index contributed by atoms with van der Waals surface area (Å²) in [6, 6.07) is 9.12. The van der Waals surface area contributed by atoms with Crippen LogP contribution in [0, 0.1) is 16.7 Å². The quantitative estimate of drug-likeness (QED) is 0.478. The molecule has 1 aromatic carbocycles. The highest BCUT2D eigenvalue weighted by atomic mass is 35.5. The number of hydrogen-bond acceptors (Lipinski definition) is 4. The van der Waals surface area contributed by atoms with Crippen molar-refractivity contribution >= 4 is 29.3 Å². The Hall–Kier alpha value is -1.38. The summed E-state index contributed by atoms with van der Waals surface area (Å²) in [4.78, 5) is 0. The van der Waals surface area contributed by atoms with Gasteiger partial charge in [-0.2, -0.15) is 5.26 Å². The lowest BCUT2D eigenvalue weighted by Crippen LogP contribution is -2.05. The summed E-state index contributed by atoms with van der Waals surface area (Å²) in [7, 11) is 0.